The molecule has 0 bridgehead atoms. The molecular weight excluding hydrogens is 220 g/mol. The number of rotatable bonds is 5. The van der Waals surface area contributed by atoms with Crippen LogP contribution in [-0.4, -0.2) is 25.3 Å². The summed E-state index contributed by atoms with van der Waals surface area (Å²) in [5.74, 6) is -0.0704. The van der Waals surface area contributed by atoms with E-state index in [9.17, 15) is 4.79 Å². The van der Waals surface area contributed by atoms with E-state index in [-0.39, 0.29) is 11.5 Å². The van der Waals surface area contributed by atoms with Gasteiger partial charge >= 0.3 is 5.97 Å². The first-order valence-electron chi connectivity index (χ1n) is 5.15. The van der Waals surface area contributed by atoms with Crippen molar-refractivity contribution in [3.63, 3.8) is 0 Å². The third kappa shape index (κ3) is 2.78. The molecule has 1 rings (SSSR count). The van der Waals surface area contributed by atoms with Crippen LogP contribution in [0.5, 0.6) is 11.5 Å². The van der Waals surface area contributed by atoms with Gasteiger partial charge in [0.1, 0.15) is 0 Å². The maximum Gasteiger partial charge on any atom is 0.331 e. The number of carboxylic acid groups (broad SMARTS) is 1. The number of methoxy groups -OCH3 is 2. The van der Waals surface area contributed by atoms with Gasteiger partial charge in [0.15, 0.2) is 11.5 Å². The van der Waals surface area contributed by atoms with Crippen LogP contribution in [0.3, 0.4) is 0 Å². The molecule has 0 spiro atoms. The van der Waals surface area contributed by atoms with E-state index in [1.54, 1.807) is 32.2 Å². The SMILES string of the molecule is C=C(C(=O)O)C(C)c1ccc(OC)c(OC)c1. The summed E-state index contributed by atoms with van der Waals surface area (Å²) in [6.45, 7) is 5.35. The van der Waals surface area contributed by atoms with Crippen molar-refractivity contribution in [1.82, 2.24) is 0 Å². The first-order valence-corrected chi connectivity index (χ1v) is 5.15. The minimum Gasteiger partial charge on any atom is -0.493 e. The van der Waals surface area contributed by atoms with Gasteiger partial charge in [-0.1, -0.05) is 19.6 Å². The average Bonchev–Trinajstić information content (AvgIpc) is 2.35. The molecule has 0 heterocycles. The Bertz CT molecular complexity index is 437. The molecule has 0 aliphatic carbocycles. The van der Waals surface area contributed by atoms with E-state index >= 15 is 0 Å². The molecule has 1 aromatic carbocycles. The monoisotopic (exact) mass is 236 g/mol. The molecule has 1 atom stereocenters. The van der Waals surface area contributed by atoms with Crippen LogP contribution in [0.25, 0.3) is 0 Å². The quantitative estimate of drug-likeness (QED) is 0.798. The molecule has 0 saturated heterocycles. The summed E-state index contributed by atoms with van der Waals surface area (Å²) in [6, 6.07) is 5.32. The van der Waals surface area contributed by atoms with Crippen LogP contribution in [0.2, 0.25) is 0 Å². The van der Waals surface area contributed by atoms with E-state index < -0.39 is 5.97 Å². The van der Waals surface area contributed by atoms with Crippen molar-refractivity contribution in [3.05, 3.63) is 35.9 Å². The van der Waals surface area contributed by atoms with Crippen molar-refractivity contribution in [2.45, 2.75) is 12.8 Å². The minimum atomic E-state index is -0.993. The molecule has 92 valence electrons. The third-order valence-electron chi connectivity index (χ3n) is 2.70. The molecule has 0 aromatic heterocycles. The van der Waals surface area contributed by atoms with Gasteiger partial charge in [0, 0.05) is 11.5 Å². The highest BCUT2D eigenvalue weighted by atomic mass is 16.5. The van der Waals surface area contributed by atoms with Crippen LogP contribution >= 0.6 is 0 Å². The Morgan fingerprint density at radius 3 is 2.35 bits per heavy atom. The first-order chi connectivity index (χ1) is 8.01. The lowest BCUT2D eigenvalue weighted by molar-refractivity contribution is -0.132. The molecule has 0 aliphatic rings. The van der Waals surface area contributed by atoms with Crippen molar-refractivity contribution < 1.29 is 19.4 Å². The van der Waals surface area contributed by atoms with Gasteiger partial charge in [-0.15, -0.1) is 0 Å². The fourth-order valence-corrected chi connectivity index (χ4v) is 1.51. The summed E-state index contributed by atoms with van der Waals surface area (Å²) in [4.78, 5) is 10.8. The smallest absolute Gasteiger partial charge is 0.331 e. The summed E-state index contributed by atoms with van der Waals surface area (Å²) in [6.07, 6.45) is 0. The van der Waals surface area contributed by atoms with Crippen LogP contribution in [-0.2, 0) is 4.79 Å². The summed E-state index contributed by atoms with van der Waals surface area (Å²) in [5, 5.41) is 8.89. The molecule has 1 unspecified atom stereocenters. The number of hydrogen-bond donors (Lipinski definition) is 1. The molecule has 0 radical (unpaired) electrons. The van der Waals surface area contributed by atoms with Gasteiger partial charge < -0.3 is 14.6 Å². The maximum atomic E-state index is 10.8. The molecule has 4 nitrogen and oxygen atoms in total. The average molecular weight is 236 g/mol. The van der Waals surface area contributed by atoms with Crippen LogP contribution in [0.4, 0.5) is 0 Å². The molecule has 0 fully saturated rings. The highest BCUT2D eigenvalue weighted by Gasteiger charge is 2.17. The Morgan fingerprint density at radius 1 is 1.29 bits per heavy atom. The first kappa shape index (κ1) is 13.1. The van der Waals surface area contributed by atoms with Crippen molar-refractivity contribution in [2.24, 2.45) is 0 Å². The lowest BCUT2D eigenvalue weighted by Crippen LogP contribution is -2.07. The van der Waals surface area contributed by atoms with Crippen molar-refractivity contribution >= 4 is 5.97 Å². The van der Waals surface area contributed by atoms with E-state index in [1.807, 2.05) is 0 Å². The second-order valence-electron chi connectivity index (χ2n) is 3.67. The van der Waals surface area contributed by atoms with Gasteiger partial charge in [0.25, 0.3) is 0 Å². The lowest BCUT2D eigenvalue weighted by atomic mass is 9.94. The predicted octanol–water partition coefficient (Wildman–Crippen LogP) is 2.45. The summed E-state index contributed by atoms with van der Waals surface area (Å²) in [7, 11) is 3.09. The fraction of sp³-hybridized carbons (Fsp3) is 0.308. The van der Waals surface area contributed by atoms with Crippen LogP contribution in [0.15, 0.2) is 30.4 Å². The molecule has 4 heteroatoms. The summed E-state index contributed by atoms with van der Waals surface area (Å²) in [5.41, 5.74) is 0.979. The highest BCUT2D eigenvalue weighted by molar-refractivity contribution is 5.87. The van der Waals surface area contributed by atoms with Crippen molar-refractivity contribution in [2.75, 3.05) is 14.2 Å². The lowest BCUT2D eigenvalue weighted by Gasteiger charge is -2.14. The number of aliphatic carboxylic acids is 1. The zero-order chi connectivity index (χ0) is 13.0. The predicted molar refractivity (Wildman–Crippen MR) is 64.7 cm³/mol. The molecule has 1 aromatic rings. The van der Waals surface area contributed by atoms with Gasteiger partial charge in [-0.25, -0.2) is 4.79 Å². The number of carbonyl (C=O) groups is 1. The van der Waals surface area contributed by atoms with Crippen LogP contribution in [0.1, 0.15) is 18.4 Å². The second-order valence-corrected chi connectivity index (χ2v) is 3.67. The molecular formula is C13H16O4. The standard InChI is InChI=1S/C13H16O4/c1-8(9(2)13(14)15)10-5-6-11(16-3)12(7-10)17-4/h5-8H,2H2,1,3-4H3,(H,14,15). The van der Waals surface area contributed by atoms with E-state index in [2.05, 4.69) is 6.58 Å². The Labute approximate surface area is 100 Å². The second kappa shape index (κ2) is 5.39. The van der Waals surface area contributed by atoms with Gasteiger partial charge in [0.05, 0.1) is 14.2 Å². The third-order valence-corrected chi connectivity index (χ3v) is 2.70. The largest absolute Gasteiger partial charge is 0.493 e. The number of ether oxygens (including phenoxy) is 2. The molecule has 17 heavy (non-hydrogen) atoms. The molecule has 1 N–H and O–H groups in total. The molecule has 0 aliphatic heterocycles. The number of benzene rings is 1. The topological polar surface area (TPSA) is 55.8 Å². The number of carboxylic acids is 1. The number of hydrogen-bond acceptors (Lipinski definition) is 3. The van der Waals surface area contributed by atoms with E-state index in [0.29, 0.717) is 11.5 Å². The minimum absolute atomic E-state index is 0.150. The molecule has 0 amide bonds. The normalized spacial score (nSPS) is 11.7. The Balaban J connectivity index is 3.07. The van der Waals surface area contributed by atoms with Gasteiger partial charge in [-0.05, 0) is 17.7 Å². The van der Waals surface area contributed by atoms with E-state index in [0.717, 1.165) is 5.56 Å². The Kier molecular flexibility index (Phi) is 4.15. The maximum absolute atomic E-state index is 10.8. The zero-order valence-electron chi connectivity index (χ0n) is 10.2. The Morgan fingerprint density at radius 2 is 1.88 bits per heavy atom. The molecule has 0 saturated carbocycles. The van der Waals surface area contributed by atoms with Crippen molar-refractivity contribution in [3.8, 4) is 11.5 Å². The van der Waals surface area contributed by atoms with Crippen LogP contribution in [0, 0.1) is 0 Å². The van der Waals surface area contributed by atoms with Gasteiger partial charge in [-0.3, -0.25) is 0 Å². The zero-order valence-corrected chi connectivity index (χ0v) is 10.2. The summed E-state index contributed by atoms with van der Waals surface area (Å²) >= 11 is 0. The summed E-state index contributed by atoms with van der Waals surface area (Å²) < 4.78 is 10.3. The van der Waals surface area contributed by atoms with E-state index in [4.69, 9.17) is 14.6 Å². The van der Waals surface area contributed by atoms with E-state index in [1.165, 1.54) is 7.11 Å². The van der Waals surface area contributed by atoms with Gasteiger partial charge in [-0.2, -0.15) is 0 Å². The highest BCUT2D eigenvalue weighted by Crippen LogP contribution is 2.32. The fourth-order valence-electron chi connectivity index (χ4n) is 1.51. The Hall–Kier alpha value is -1.97. The van der Waals surface area contributed by atoms with Gasteiger partial charge in [0.2, 0.25) is 0 Å². The van der Waals surface area contributed by atoms with Crippen LogP contribution < -0.4 is 9.47 Å². The van der Waals surface area contributed by atoms with Crippen molar-refractivity contribution in [1.29, 1.82) is 0 Å².